The van der Waals surface area contributed by atoms with Crippen molar-refractivity contribution >= 4 is 33.8 Å². The first-order valence-corrected chi connectivity index (χ1v) is 5.75. The minimum atomic E-state index is 0.0829. The maximum Gasteiger partial charge on any atom is 0.197 e. The minimum absolute atomic E-state index is 0.0829. The molecule has 2 aromatic heterocycles. The van der Waals surface area contributed by atoms with Gasteiger partial charge in [-0.2, -0.15) is 0 Å². The summed E-state index contributed by atoms with van der Waals surface area (Å²) in [5.74, 6) is 0. The topological polar surface area (TPSA) is 28.7 Å². The second-order valence-corrected chi connectivity index (χ2v) is 5.60. The van der Waals surface area contributed by atoms with E-state index in [1.54, 1.807) is 11.3 Å². The lowest BCUT2D eigenvalue weighted by molar-refractivity contribution is 0.574. The predicted molar refractivity (Wildman–Crippen MR) is 63.5 cm³/mol. The number of hydrogen-bond donors (Lipinski definition) is 1. The van der Waals surface area contributed by atoms with Gasteiger partial charge < -0.3 is 4.98 Å². The fourth-order valence-corrected chi connectivity index (χ4v) is 2.65. The lowest BCUT2D eigenvalue weighted by Crippen LogP contribution is -2.14. The molecule has 2 aromatic rings. The Hall–Kier alpha value is -0.740. The fraction of sp³-hybridized carbons (Fsp3) is 0.400. The van der Waals surface area contributed by atoms with Gasteiger partial charge in [-0.15, -0.1) is 11.3 Å². The molecule has 0 saturated heterocycles. The Morgan fingerprint density at radius 3 is 2.79 bits per heavy atom. The number of aromatic amines is 1. The van der Waals surface area contributed by atoms with Crippen LogP contribution < -0.4 is 0 Å². The van der Waals surface area contributed by atoms with Crippen LogP contribution in [0.3, 0.4) is 0 Å². The van der Waals surface area contributed by atoms with Crippen LogP contribution in [0.1, 0.15) is 26.5 Å². The largest absolute Gasteiger partial charge is 0.333 e. The van der Waals surface area contributed by atoms with E-state index in [0.29, 0.717) is 4.77 Å². The van der Waals surface area contributed by atoms with Crippen LogP contribution in [0.25, 0.3) is 10.2 Å². The van der Waals surface area contributed by atoms with Gasteiger partial charge in [0, 0.05) is 11.1 Å². The van der Waals surface area contributed by atoms with E-state index in [4.69, 9.17) is 12.2 Å². The van der Waals surface area contributed by atoms with Crippen LogP contribution in [0.2, 0.25) is 0 Å². The number of H-pyrrole nitrogens is 1. The molecule has 2 heterocycles. The van der Waals surface area contributed by atoms with Gasteiger partial charge in [-0.25, -0.2) is 4.98 Å². The summed E-state index contributed by atoms with van der Waals surface area (Å²) in [6.45, 7) is 6.52. The van der Waals surface area contributed by atoms with E-state index in [0.717, 1.165) is 5.52 Å². The third kappa shape index (κ3) is 1.60. The summed E-state index contributed by atoms with van der Waals surface area (Å²) in [6.07, 6.45) is 0. The molecule has 2 rings (SSSR count). The van der Waals surface area contributed by atoms with E-state index in [1.165, 1.54) is 10.4 Å². The standard InChI is InChI=1S/C10H12N2S2/c1-10(2,3)8-7-6(4-5-14-7)11-9(13)12-8/h4-5H,1-3H3,(H,11,12,13). The number of thiophene rings is 1. The molecule has 4 heteroatoms. The highest BCUT2D eigenvalue weighted by Gasteiger charge is 2.18. The first-order valence-electron chi connectivity index (χ1n) is 4.46. The van der Waals surface area contributed by atoms with Crippen molar-refractivity contribution in [2.24, 2.45) is 0 Å². The normalized spacial score (nSPS) is 12.2. The molecular formula is C10H12N2S2. The summed E-state index contributed by atoms with van der Waals surface area (Å²) in [5.41, 5.74) is 2.27. The molecule has 0 fully saturated rings. The highest BCUT2D eigenvalue weighted by Crippen LogP contribution is 2.30. The Morgan fingerprint density at radius 1 is 1.43 bits per heavy atom. The third-order valence-electron chi connectivity index (χ3n) is 2.08. The molecule has 0 atom stereocenters. The Balaban J connectivity index is 2.87. The molecule has 0 aliphatic carbocycles. The molecule has 0 aromatic carbocycles. The van der Waals surface area contributed by atoms with Crippen molar-refractivity contribution in [1.82, 2.24) is 9.97 Å². The van der Waals surface area contributed by atoms with Crippen molar-refractivity contribution in [2.45, 2.75) is 26.2 Å². The van der Waals surface area contributed by atoms with Crippen molar-refractivity contribution in [3.63, 3.8) is 0 Å². The van der Waals surface area contributed by atoms with E-state index in [9.17, 15) is 0 Å². The van der Waals surface area contributed by atoms with Crippen molar-refractivity contribution < 1.29 is 0 Å². The number of fused-ring (bicyclic) bond motifs is 1. The average Bonchev–Trinajstić information content (AvgIpc) is 2.47. The Bertz CT molecular complexity index is 517. The molecule has 0 spiro atoms. The molecule has 0 aliphatic heterocycles. The number of hydrogen-bond acceptors (Lipinski definition) is 3. The molecule has 74 valence electrons. The van der Waals surface area contributed by atoms with Gasteiger partial charge in [-0.1, -0.05) is 20.8 Å². The van der Waals surface area contributed by atoms with E-state index in [1.807, 2.05) is 6.07 Å². The highest BCUT2D eigenvalue weighted by atomic mass is 32.1. The maximum absolute atomic E-state index is 5.10. The number of nitrogens with zero attached hydrogens (tertiary/aromatic N) is 1. The quantitative estimate of drug-likeness (QED) is 0.692. The Morgan fingerprint density at radius 2 is 2.14 bits per heavy atom. The fourth-order valence-electron chi connectivity index (χ4n) is 1.41. The molecule has 0 amide bonds. The molecule has 14 heavy (non-hydrogen) atoms. The van der Waals surface area contributed by atoms with Gasteiger partial charge in [0.2, 0.25) is 0 Å². The number of aromatic nitrogens is 2. The summed E-state index contributed by atoms with van der Waals surface area (Å²) in [7, 11) is 0. The SMILES string of the molecule is CC(C)(C)c1[nH]c(=S)nc2ccsc12. The second-order valence-electron chi connectivity index (χ2n) is 4.30. The monoisotopic (exact) mass is 224 g/mol. The molecule has 0 bridgehead atoms. The zero-order chi connectivity index (χ0) is 10.3. The Labute approximate surface area is 92.0 Å². The molecule has 0 radical (unpaired) electrons. The maximum atomic E-state index is 5.10. The molecule has 1 N–H and O–H groups in total. The van der Waals surface area contributed by atoms with Crippen molar-refractivity contribution in [3.8, 4) is 0 Å². The van der Waals surface area contributed by atoms with Gasteiger partial charge >= 0.3 is 0 Å². The van der Waals surface area contributed by atoms with Crippen LogP contribution in [0, 0.1) is 4.77 Å². The molecular weight excluding hydrogens is 212 g/mol. The summed E-state index contributed by atoms with van der Waals surface area (Å²) >= 11 is 6.81. The number of rotatable bonds is 0. The summed E-state index contributed by atoms with van der Waals surface area (Å²) in [4.78, 5) is 7.47. The third-order valence-corrected chi connectivity index (χ3v) is 3.19. The summed E-state index contributed by atoms with van der Waals surface area (Å²) in [5, 5.41) is 2.05. The predicted octanol–water partition coefficient (Wildman–Crippen LogP) is 3.65. The van der Waals surface area contributed by atoms with Gasteiger partial charge in [-0.3, -0.25) is 0 Å². The van der Waals surface area contributed by atoms with Crippen LogP contribution in [0.15, 0.2) is 11.4 Å². The molecule has 2 nitrogen and oxygen atoms in total. The van der Waals surface area contributed by atoms with Crippen LogP contribution in [0.4, 0.5) is 0 Å². The Kier molecular flexibility index (Phi) is 2.20. The smallest absolute Gasteiger partial charge is 0.197 e. The average molecular weight is 224 g/mol. The first kappa shape index (κ1) is 9.80. The van der Waals surface area contributed by atoms with Gasteiger partial charge in [-0.05, 0) is 23.7 Å². The lowest BCUT2D eigenvalue weighted by Gasteiger charge is -2.18. The van der Waals surface area contributed by atoms with Crippen LogP contribution >= 0.6 is 23.6 Å². The van der Waals surface area contributed by atoms with E-state index in [-0.39, 0.29) is 5.41 Å². The highest BCUT2D eigenvalue weighted by molar-refractivity contribution is 7.71. The zero-order valence-electron chi connectivity index (χ0n) is 8.42. The summed E-state index contributed by atoms with van der Waals surface area (Å²) < 4.78 is 1.78. The van der Waals surface area contributed by atoms with Crippen molar-refractivity contribution in [1.29, 1.82) is 0 Å². The first-order chi connectivity index (χ1) is 6.48. The van der Waals surface area contributed by atoms with Crippen molar-refractivity contribution in [3.05, 3.63) is 21.9 Å². The summed E-state index contributed by atoms with van der Waals surface area (Å²) in [6, 6.07) is 2.01. The number of nitrogens with one attached hydrogen (secondary N) is 1. The second kappa shape index (κ2) is 3.14. The molecule has 0 saturated carbocycles. The lowest BCUT2D eigenvalue weighted by atomic mass is 9.92. The van der Waals surface area contributed by atoms with E-state index in [2.05, 4.69) is 36.1 Å². The van der Waals surface area contributed by atoms with Crippen LogP contribution in [-0.2, 0) is 5.41 Å². The van der Waals surface area contributed by atoms with Gasteiger partial charge in [0.05, 0.1) is 10.2 Å². The molecule has 0 unspecified atom stereocenters. The molecule has 0 aliphatic rings. The zero-order valence-corrected chi connectivity index (χ0v) is 10.1. The van der Waals surface area contributed by atoms with Gasteiger partial charge in [0.1, 0.15) is 0 Å². The van der Waals surface area contributed by atoms with Gasteiger partial charge in [0.15, 0.2) is 4.77 Å². The minimum Gasteiger partial charge on any atom is -0.333 e. The van der Waals surface area contributed by atoms with Crippen LogP contribution in [-0.4, -0.2) is 9.97 Å². The van der Waals surface area contributed by atoms with Crippen molar-refractivity contribution in [2.75, 3.05) is 0 Å². The van der Waals surface area contributed by atoms with E-state index < -0.39 is 0 Å². The van der Waals surface area contributed by atoms with E-state index >= 15 is 0 Å². The van der Waals surface area contributed by atoms with Crippen LogP contribution in [0.5, 0.6) is 0 Å². The van der Waals surface area contributed by atoms with Gasteiger partial charge in [0.25, 0.3) is 0 Å².